The highest BCUT2D eigenvalue weighted by Gasteiger charge is 2.23. The van der Waals surface area contributed by atoms with Crippen molar-refractivity contribution < 1.29 is 0 Å². The van der Waals surface area contributed by atoms with E-state index in [0.717, 1.165) is 11.4 Å². The molecule has 0 bridgehead atoms. The first-order valence-electron chi connectivity index (χ1n) is 29.8. The quantitative estimate of drug-likeness (QED) is 0.141. The summed E-state index contributed by atoms with van der Waals surface area (Å²) in [5.74, 6) is 0. The van der Waals surface area contributed by atoms with Gasteiger partial charge in [0.05, 0.1) is 22.1 Å². The summed E-state index contributed by atoms with van der Waals surface area (Å²) in [5, 5.41) is 20.0. The van der Waals surface area contributed by atoms with Crippen LogP contribution < -0.4 is 0 Å². The molecule has 18 aromatic rings. The summed E-state index contributed by atoms with van der Waals surface area (Å²) in [5.41, 5.74) is 19.3. The number of nitrogens with zero attached hydrogens (tertiary/aromatic N) is 2. The molecule has 0 saturated carbocycles. The van der Waals surface area contributed by atoms with Crippen LogP contribution in [0.4, 0.5) is 0 Å². The smallest absolute Gasteiger partial charge is 0.0547 e. The SMILES string of the molecule is c1ccc(-c2c3ccccc3c(-c3ccc(-n4c5ccccc5c5ccc(-c6cccc7c6ccc6c7c7c8ccccc8ccc7n6-c6ccc(-c7c8ccccc8c(-c8ccccc8)c8ccccc78)cc6)cc54)cc3)c3ccccc23)cc1. The maximum Gasteiger partial charge on any atom is 0.0547 e. The van der Waals surface area contributed by atoms with Crippen molar-refractivity contribution in [2.45, 2.75) is 0 Å². The van der Waals surface area contributed by atoms with Gasteiger partial charge < -0.3 is 9.13 Å². The number of benzene rings is 16. The third-order valence-electron chi connectivity index (χ3n) is 18.5. The van der Waals surface area contributed by atoms with Crippen LogP contribution >= 0.6 is 0 Å². The van der Waals surface area contributed by atoms with Crippen LogP contribution in [-0.4, -0.2) is 9.13 Å². The van der Waals surface area contributed by atoms with Crippen molar-refractivity contribution in [3.05, 3.63) is 315 Å². The largest absolute Gasteiger partial charge is 0.309 e. The van der Waals surface area contributed by atoms with E-state index in [4.69, 9.17) is 0 Å². The fraction of sp³-hybridized carbons (Fsp3) is 0. The average molecular weight is 1090 g/mol. The Morgan fingerprint density at radius 1 is 0.174 bits per heavy atom. The van der Waals surface area contributed by atoms with E-state index in [1.807, 2.05) is 0 Å². The molecule has 0 fully saturated rings. The van der Waals surface area contributed by atoms with Crippen molar-refractivity contribution in [3.63, 3.8) is 0 Å². The maximum atomic E-state index is 2.49. The minimum Gasteiger partial charge on any atom is -0.309 e. The van der Waals surface area contributed by atoms with E-state index in [-0.39, 0.29) is 0 Å². The van der Waals surface area contributed by atoms with E-state index in [2.05, 4.69) is 325 Å². The lowest BCUT2D eigenvalue weighted by Crippen LogP contribution is -1.95. The Morgan fingerprint density at radius 2 is 0.523 bits per heavy atom. The van der Waals surface area contributed by atoms with Crippen molar-refractivity contribution >= 4 is 108 Å². The van der Waals surface area contributed by atoms with Crippen LogP contribution in [0.15, 0.2) is 315 Å². The Kier molecular flexibility index (Phi) is 10.7. The molecule has 0 radical (unpaired) electrons. The Balaban J connectivity index is 0.785. The molecular formula is C84H52N2. The van der Waals surface area contributed by atoms with Gasteiger partial charge in [0.15, 0.2) is 0 Å². The first-order valence-corrected chi connectivity index (χ1v) is 29.8. The molecule has 16 aromatic carbocycles. The second-order valence-corrected chi connectivity index (χ2v) is 23.0. The van der Waals surface area contributed by atoms with Crippen molar-refractivity contribution in [1.29, 1.82) is 0 Å². The Morgan fingerprint density at radius 3 is 1.02 bits per heavy atom. The monoisotopic (exact) mass is 1090 g/mol. The molecule has 0 saturated heterocycles. The molecule has 86 heavy (non-hydrogen) atoms. The van der Waals surface area contributed by atoms with Gasteiger partial charge in [-0.25, -0.2) is 0 Å². The first-order chi connectivity index (χ1) is 42.7. The molecular weight excluding hydrogens is 1040 g/mol. The molecule has 2 heterocycles. The summed E-state index contributed by atoms with van der Waals surface area (Å²) in [7, 11) is 0. The first kappa shape index (κ1) is 48.2. The minimum atomic E-state index is 1.13. The standard InChI is InChI=1S/C84H52N2/c1-3-21-54(22-4-1)79-67-27-9-13-31-71(67)81(72-32-14-10-28-68(72)79)56-38-44-59(45-39-56)85-75-37-18-17-26-64(75)65-48-42-58(52-78(65)85)61-35-19-36-66-63(61)49-51-77-84(66)83-62-25-8-7-20-53(62)43-50-76(83)86(77)60-46-40-57(41-47-60)82-73-33-15-11-29-69(73)80(55-23-5-2-6-24-55)70-30-12-16-34-74(70)82/h1-52H. The predicted molar refractivity (Wildman–Crippen MR) is 367 cm³/mol. The van der Waals surface area contributed by atoms with Crippen molar-refractivity contribution in [2.24, 2.45) is 0 Å². The Hall–Kier alpha value is -11.3. The van der Waals surface area contributed by atoms with Crippen molar-refractivity contribution in [2.75, 3.05) is 0 Å². The van der Waals surface area contributed by atoms with Gasteiger partial charge in [-0.05, 0) is 169 Å². The number of rotatable bonds is 7. The molecule has 2 nitrogen and oxygen atoms in total. The van der Waals surface area contributed by atoms with E-state index in [0.29, 0.717) is 0 Å². The minimum absolute atomic E-state index is 1.13. The summed E-state index contributed by atoms with van der Waals surface area (Å²) in [6.07, 6.45) is 0. The molecule has 0 aliphatic heterocycles. The molecule has 398 valence electrons. The molecule has 2 aromatic heterocycles. The van der Waals surface area contributed by atoms with Gasteiger partial charge in [-0.15, -0.1) is 0 Å². The van der Waals surface area contributed by atoms with Gasteiger partial charge >= 0.3 is 0 Å². The second kappa shape index (κ2) is 19.1. The lowest BCUT2D eigenvalue weighted by atomic mass is 9.86. The average Bonchev–Trinajstić information content (AvgIpc) is 1.58. The Bertz CT molecular complexity index is 5680. The number of fused-ring (bicyclic) bond motifs is 14. The van der Waals surface area contributed by atoms with Gasteiger partial charge in [0.25, 0.3) is 0 Å². The third-order valence-corrected chi connectivity index (χ3v) is 18.5. The number of aromatic nitrogens is 2. The maximum absolute atomic E-state index is 2.49. The van der Waals surface area contributed by atoms with Gasteiger partial charge in [-0.3, -0.25) is 0 Å². The summed E-state index contributed by atoms with van der Waals surface area (Å²) < 4.78 is 4.95. The van der Waals surface area contributed by atoms with Crippen LogP contribution in [0, 0.1) is 0 Å². The van der Waals surface area contributed by atoms with Gasteiger partial charge in [0.1, 0.15) is 0 Å². The zero-order chi connectivity index (χ0) is 56.4. The van der Waals surface area contributed by atoms with Crippen LogP contribution in [0.5, 0.6) is 0 Å². The topological polar surface area (TPSA) is 9.86 Å². The summed E-state index contributed by atoms with van der Waals surface area (Å²) in [6, 6.07) is 117. The fourth-order valence-corrected chi connectivity index (χ4v) is 14.8. The van der Waals surface area contributed by atoms with E-state index >= 15 is 0 Å². The van der Waals surface area contributed by atoms with E-state index < -0.39 is 0 Å². The second-order valence-electron chi connectivity index (χ2n) is 23.0. The normalized spacial score (nSPS) is 12.0. The third kappa shape index (κ3) is 7.20. The van der Waals surface area contributed by atoms with Crippen LogP contribution in [0.25, 0.3) is 175 Å². The zero-order valence-electron chi connectivity index (χ0n) is 46.9. The van der Waals surface area contributed by atoms with Crippen LogP contribution in [0.1, 0.15) is 0 Å². The van der Waals surface area contributed by atoms with E-state index in [1.54, 1.807) is 0 Å². The number of para-hydroxylation sites is 1. The molecule has 0 spiro atoms. The molecule has 2 heteroatoms. The van der Waals surface area contributed by atoms with E-state index in [1.165, 1.54) is 164 Å². The zero-order valence-corrected chi connectivity index (χ0v) is 46.9. The predicted octanol–water partition coefficient (Wildman–Crippen LogP) is 23.1. The van der Waals surface area contributed by atoms with Crippen LogP contribution in [0.2, 0.25) is 0 Å². The molecule has 0 unspecified atom stereocenters. The molecule has 18 rings (SSSR count). The number of hydrogen-bond donors (Lipinski definition) is 0. The van der Waals surface area contributed by atoms with Crippen molar-refractivity contribution in [1.82, 2.24) is 9.13 Å². The molecule has 0 aliphatic rings. The lowest BCUT2D eigenvalue weighted by Gasteiger charge is -2.18. The van der Waals surface area contributed by atoms with Crippen molar-refractivity contribution in [3.8, 4) is 67.0 Å². The molecule has 0 aliphatic carbocycles. The van der Waals surface area contributed by atoms with Gasteiger partial charge in [-0.2, -0.15) is 0 Å². The van der Waals surface area contributed by atoms with Crippen LogP contribution in [0.3, 0.4) is 0 Å². The van der Waals surface area contributed by atoms with Gasteiger partial charge in [0.2, 0.25) is 0 Å². The summed E-state index contributed by atoms with van der Waals surface area (Å²) in [6.45, 7) is 0. The fourth-order valence-electron chi connectivity index (χ4n) is 14.8. The summed E-state index contributed by atoms with van der Waals surface area (Å²) >= 11 is 0. The molecule has 0 amide bonds. The number of hydrogen-bond acceptors (Lipinski definition) is 0. The highest BCUT2D eigenvalue weighted by molar-refractivity contribution is 6.30. The lowest BCUT2D eigenvalue weighted by molar-refractivity contribution is 1.18. The summed E-state index contributed by atoms with van der Waals surface area (Å²) in [4.78, 5) is 0. The van der Waals surface area contributed by atoms with Gasteiger partial charge in [-0.1, -0.05) is 267 Å². The van der Waals surface area contributed by atoms with Crippen LogP contribution in [-0.2, 0) is 0 Å². The highest BCUT2D eigenvalue weighted by atomic mass is 15.0. The van der Waals surface area contributed by atoms with E-state index in [9.17, 15) is 0 Å². The molecule has 0 N–H and O–H groups in total. The van der Waals surface area contributed by atoms with Gasteiger partial charge in [0, 0.05) is 32.9 Å². The molecule has 0 atom stereocenters. The Labute approximate surface area is 496 Å². The highest BCUT2D eigenvalue weighted by Crippen LogP contribution is 2.48.